The summed E-state index contributed by atoms with van der Waals surface area (Å²) in [5, 5.41) is 0. The lowest BCUT2D eigenvalue weighted by Crippen LogP contribution is -2.13. The van der Waals surface area contributed by atoms with E-state index < -0.39 is 0 Å². The third-order valence-electron chi connectivity index (χ3n) is 3.43. The lowest BCUT2D eigenvalue weighted by atomic mass is 9.86. The van der Waals surface area contributed by atoms with Crippen LogP contribution in [0.5, 0.6) is 0 Å². The zero-order valence-corrected chi connectivity index (χ0v) is 14.1. The van der Waals surface area contributed by atoms with Crippen LogP contribution in [0.3, 0.4) is 0 Å². The highest BCUT2D eigenvalue weighted by Gasteiger charge is 2.15. The highest BCUT2D eigenvalue weighted by atomic mass is 31.1. The molecule has 0 aromatic rings. The van der Waals surface area contributed by atoms with E-state index in [1.807, 2.05) is 0 Å². The molecular formula is C16H35P. The Morgan fingerprint density at radius 2 is 1.71 bits per heavy atom. The second-order valence-corrected chi connectivity index (χ2v) is 8.26. The highest BCUT2D eigenvalue weighted by molar-refractivity contribution is 7.38. The minimum atomic E-state index is 0.510. The number of hydrogen-bond acceptors (Lipinski definition) is 0. The zero-order chi connectivity index (χ0) is 13.3. The van der Waals surface area contributed by atoms with Crippen LogP contribution in [0.25, 0.3) is 0 Å². The Hall–Kier alpha value is 0.430. The largest absolute Gasteiger partial charge is 0.122 e. The Labute approximate surface area is 112 Å². The molecular weight excluding hydrogens is 223 g/mol. The number of hydrogen-bond donors (Lipinski definition) is 0. The first-order chi connectivity index (χ1) is 7.89. The first-order valence-corrected chi connectivity index (χ1v) is 9.01. The van der Waals surface area contributed by atoms with E-state index in [2.05, 4.69) is 41.5 Å². The van der Waals surface area contributed by atoms with E-state index in [1.165, 1.54) is 53.0 Å². The first-order valence-electron chi connectivity index (χ1n) is 7.59. The zero-order valence-electron chi connectivity index (χ0n) is 13.1. The molecule has 0 aliphatic rings. The molecule has 0 nitrogen and oxygen atoms in total. The van der Waals surface area contributed by atoms with Gasteiger partial charge in [0.25, 0.3) is 0 Å². The van der Waals surface area contributed by atoms with Crippen molar-refractivity contribution in [3.05, 3.63) is 0 Å². The van der Waals surface area contributed by atoms with Gasteiger partial charge in [-0.3, -0.25) is 0 Å². The fourth-order valence-electron chi connectivity index (χ4n) is 2.59. The molecule has 0 N–H and O–H groups in total. The molecule has 17 heavy (non-hydrogen) atoms. The average Bonchev–Trinajstić information content (AvgIpc) is 2.20. The molecule has 0 aliphatic heterocycles. The molecule has 3 unspecified atom stereocenters. The summed E-state index contributed by atoms with van der Waals surface area (Å²) in [6, 6.07) is 0. The summed E-state index contributed by atoms with van der Waals surface area (Å²) in [6.45, 7) is 14.2. The van der Waals surface area contributed by atoms with Crippen LogP contribution in [0.4, 0.5) is 0 Å². The second kappa shape index (κ2) is 9.37. The Morgan fingerprint density at radius 1 is 1.06 bits per heavy atom. The molecule has 0 aliphatic carbocycles. The summed E-state index contributed by atoms with van der Waals surface area (Å²) in [5.41, 5.74) is 0.510. The average molecular weight is 258 g/mol. The molecule has 0 saturated heterocycles. The molecule has 3 atom stereocenters. The maximum atomic E-state index is 2.44. The predicted molar refractivity (Wildman–Crippen MR) is 84.6 cm³/mol. The van der Waals surface area contributed by atoms with Crippen molar-refractivity contribution in [3.8, 4) is 0 Å². The van der Waals surface area contributed by atoms with Gasteiger partial charge >= 0.3 is 0 Å². The quantitative estimate of drug-likeness (QED) is 0.448. The van der Waals surface area contributed by atoms with E-state index in [0.717, 1.165) is 11.8 Å². The van der Waals surface area contributed by atoms with Gasteiger partial charge in [0.05, 0.1) is 0 Å². The molecule has 0 spiro atoms. The third-order valence-corrected chi connectivity index (χ3v) is 5.28. The molecule has 0 aromatic heterocycles. The smallest absolute Gasteiger partial charge is 0.0325 e. The molecule has 0 rings (SSSR count). The fourth-order valence-corrected chi connectivity index (χ4v) is 4.30. The lowest BCUT2D eigenvalue weighted by molar-refractivity contribution is 0.323. The molecule has 0 radical (unpaired) electrons. The molecule has 0 fully saturated rings. The minimum absolute atomic E-state index is 0.510. The summed E-state index contributed by atoms with van der Waals surface area (Å²) in [6.07, 6.45) is 9.98. The number of rotatable bonds is 9. The van der Waals surface area contributed by atoms with Crippen molar-refractivity contribution in [2.45, 2.75) is 73.6 Å². The van der Waals surface area contributed by atoms with Crippen molar-refractivity contribution >= 4 is 8.58 Å². The van der Waals surface area contributed by atoms with Gasteiger partial charge in [0.15, 0.2) is 0 Å². The van der Waals surface area contributed by atoms with E-state index in [9.17, 15) is 0 Å². The van der Waals surface area contributed by atoms with Crippen molar-refractivity contribution in [1.82, 2.24) is 0 Å². The van der Waals surface area contributed by atoms with Gasteiger partial charge in [-0.05, 0) is 36.0 Å². The lowest BCUT2D eigenvalue weighted by Gasteiger charge is -2.23. The first kappa shape index (κ1) is 17.4. The van der Waals surface area contributed by atoms with Crippen LogP contribution in [0.2, 0.25) is 0 Å². The van der Waals surface area contributed by atoms with Crippen molar-refractivity contribution in [1.29, 1.82) is 0 Å². The van der Waals surface area contributed by atoms with Gasteiger partial charge in [0.2, 0.25) is 0 Å². The molecule has 0 heterocycles. The number of unbranched alkanes of at least 4 members (excludes halogenated alkanes) is 1. The van der Waals surface area contributed by atoms with Gasteiger partial charge in [-0.2, -0.15) is 0 Å². The summed E-state index contributed by atoms with van der Waals surface area (Å²) in [7, 11) is 1.20. The normalized spacial score (nSPS) is 16.6. The second-order valence-electron chi connectivity index (χ2n) is 6.94. The van der Waals surface area contributed by atoms with Crippen molar-refractivity contribution < 1.29 is 0 Å². The van der Waals surface area contributed by atoms with Gasteiger partial charge in [-0.15, -0.1) is 8.58 Å². The Kier molecular flexibility index (Phi) is 9.61. The molecule has 1 heteroatoms. The van der Waals surface area contributed by atoms with Gasteiger partial charge in [-0.25, -0.2) is 0 Å². The summed E-state index contributed by atoms with van der Waals surface area (Å²) in [5.74, 6) is 1.92. The molecule has 0 amide bonds. The van der Waals surface area contributed by atoms with Crippen LogP contribution in [-0.4, -0.2) is 12.3 Å². The third kappa shape index (κ3) is 11.3. The van der Waals surface area contributed by atoms with Crippen LogP contribution >= 0.6 is 8.58 Å². The maximum Gasteiger partial charge on any atom is -0.0325 e. The maximum absolute atomic E-state index is 2.44. The Bertz CT molecular complexity index is 169. The van der Waals surface area contributed by atoms with E-state index in [1.54, 1.807) is 0 Å². The van der Waals surface area contributed by atoms with Crippen LogP contribution in [0, 0.1) is 17.3 Å². The standard InChI is InChI=1S/C16H35P/c1-7-9-10-15(8-2)13-17-12-14(3)11-16(4,5)6/h14-15,17H,7-13H2,1-6H3. The van der Waals surface area contributed by atoms with E-state index in [4.69, 9.17) is 0 Å². The van der Waals surface area contributed by atoms with Gasteiger partial charge in [0.1, 0.15) is 0 Å². The SMILES string of the molecule is CCCCC(CC)CPCC(C)CC(C)(C)C. The summed E-state index contributed by atoms with van der Waals surface area (Å²) in [4.78, 5) is 0. The van der Waals surface area contributed by atoms with Crippen molar-refractivity contribution in [2.24, 2.45) is 17.3 Å². The monoisotopic (exact) mass is 258 g/mol. The van der Waals surface area contributed by atoms with Gasteiger partial charge < -0.3 is 0 Å². The Balaban J connectivity index is 3.66. The van der Waals surface area contributed by atoms with Crippen LogP contribution in [0.15, 0.2) is 0 Å². The fraction of sp³-hybridized carbons (Fsp3) is 1.00. The highest BCUT2D eigenvalue weighted by Crippen LogP contribution is 2.30. The Morgan fingerprint density at radius 3 is 2.18 bits per heavy atom. The van der Waals surface area contributed by atoms with Crippen molar-refractivity contribution in [3.63, 3.8) is 0 Å². The van der Waals surface area contributed by atoms with Crippen LogP contribution in [0.1, 0.15) is 73.6 Å². The van der Waals surface area contributed by atoms with Gasteiger partial charge in [0, 0.05) is 0 Å². The van der Waals surface area contributed by atoms with E-state index in [-0.39, 0.29) is 0 Å². The summed E-state index contributed by atoms with van der Waals surface area (Å²) < 4.78 is 0. The van der Waals surface area contributed by atoms with E-state index >= 15 is 0 Å². The van der Waals surface area contributed by atoms with Crippen molar-refractivity contribution in [2.75, 3.05) is 12.3 Å². The van der Waals surface area contributed by atoms with Crippen LogP contribution < -0.4 is 0 Å². The molecule has 0 saturated carbocycles. The molecule has 0 aromatic carbocycles. The molecule has 0 bridgehead atoms. The summed E-state index contributed by atoms with van der Waals surface area (Å²) >= 11 is 0. The van der Waals surface area contributed by atoms with Crippen LogP contribution in [-0.2, 0) is 0 Å². The predicted octanol–water partition coefficient (Wildman–Crippen LogP) is 5.95. The minimum Gasteiger partial charge on any atom is -0.122 e. The molecule has 104 valence electrons. The van der Waals surface area contributed by atoms with Gasteiger partial charge in [-0.1, -0.05) is 67.2 Å². The van der Waals surface area contributed by atoms with E-state index in [0.29, 0.717) is 5.41 Å². The topological polar surface area (TPSA) is 0 Å².